The molecule has 1 aliphatic heterocycles. The predicted octanol–water partition coefficient (Wildman–Crippen LogP) is 1.90. The molecule has 1 fully saturated rings. The summed E-state index contributed by atoms with van der Waals surface area (Å²) in [6.45, 7) is 3.54. The molecule has 0 bridgehead atoms. The maximum Gasteiger partial charge on any atom is 0.248 e. The molecule has 1 saturated heterocycles. The van der Waals surface area contributed by atoms with Crippen LogP contribution in [0.15, 0.2) is 29.6 Å². The largest absolute Gasteiger partial charge is 0.370 e. The van der Waals surface area contributed by atoms with E-state index >= 15 is 0 Å². The van der Waals surface area contributed by atoms with Crippen LogP contribution in [0.2, 0.25) is 0 Å². The summed E-state index contributed by atoms with van der Waals surface area (Å²) >= 11 is 1.48. The molecular formula is C22H27N5O3S. The molecular weight excluding hydrogens is 414 g/mol. The number of hydrogen-bond donors (Lipinski definition) is 2. The first-order chi connectivity index (χ1) is 15.0. The summed E-state index contributed by atoms with van der Waals surface area (Å²) in [6, 6.07) is 9.22. The number of rotatable bonds is 8. The lowest BCUT2D eigenvalue weighted by Crippen LogP contribution is -2.46. The Hall–Kier alpha value is -2.80. The zero-order valence-corrected chi connectivity index (χ0v) is 18.4. The van der Waals surface area contributed by atoms with Gasteiger partial charge in [-0.05, 0) is 31.9 Å². The van der Waals surface area contributed by atoms with Gasteiger partial charge in [-0.15, -0.1) is 11.3 Å². The number of hydrogen-bond acceptors (Lipinski definition) is 7. The number of aromatic nitrogens is 1. The number of likely N-dealkylation sites (tertiary alicyclic amines) is 1. The Kier molecular flexibility index (Phi) is 8.12. The number of nitrogens with two attached hydrogens (primary N) is 1. The van der Waals surface area contributed by atoms with Crippen LogP contribution in [0.3, 0.4) is 0 Å². The van der Waals surface area contributed by atoms with E-state index in [0.29, 0.717) is 31.8 Å². The number of carbonyl (C=O) groups is 2. The van der Waals surface area contributed by atoms with Gasteiger partial charge in [-0.2, -0.15) is 5.26 Å². The average Bonchev–Trinajstić information content (AvgIpc) is 3.26. The molecule has 2 amide bonds. The van der Waals surface area contributed by atoms with Gasteiger partial charge >= 0.3 is 0 Å². The molecule has 2 atom stereocenters. The van der Waals surface area contributed by atoms with Crippen LogP contribution in [0.4, 0.5) is 0 Å². The molecule has 0 saturated carbocycles. The van der Waals surface area contributed by atoms with Crippen molar-refractivity contribution in [2.75, 3.05) is 26.3 Å². The Morgan fingerprint density at radius 3 is 2.90 bits per heavy atom. The smallest absolute Gasteiger partial charge is 0.248 e. The van der Waals surface area contributed by atoms with Crippen LogP contribution in [0.5, 0.6) is 0 Å². The third kappa shape index (κ3) is 6.59. The Morgan fingerprint density at radius 2 is 2.19 bits per heavy atom. The Bertz CT molecular complexity index is 935. The Labute approximate surface area is 186 Å². The molecule has 1 aromatic heterocycles. The summed E-state index contributed by atoms with van der Waals surface area (Å²) in [5.41, 5.74) is 7.98. The van der Waals surface area contributed by atoms with E-state index in [2.05, 4.69) is 16.4 Å². The van der Waals surface area contributed by atoms with Crippen LogP contribution in [0, 0.1) is 17.2 Å². The van der Waals surface area contributed by atoms with Crippen molar-refractivity contribution in [2.24, 2.45) is 11.7 Å². The third-order valence-corrected chi connectivity index (χ3v) is 5.88. The fraction of sp³-hybridized carbons (Fsp3) is 0.455. The fourth-order valence-electron chi connectivity index (χ4n) is 3.39. The second kappa shape index (κ2) is 11.0. The number of amides is 2. The maximum atomic E-state index is 12.6. The topological polar surface area (TPSA) is 121 Å². The number of nitrogens with zero attached hydrogens (tertiary/aromatic N) is 3. The highest BCUT2D eigenvalue weighted by atomic mass is 32.1. The Balaban J connectivity index is 1.48. The lowest BCUT2D eigenvalue weighted by atomic mass is 9.97. The van der Waals surface area contributed by atoms with Crippen LogP contribution in [-0.2, 0) is 20.9 Å². The standard InChI is InChI=1S/C22H27N5O3S/c1-15(24)12-30-13-21(28)27-8-2-3-18(11-27)22(29)25-10-20-26-19(14-31-20)17-6-4-16(9-23)5-7-17/h4-7,14-15,18H,2-3,8,10-13,24H2,1H3,(H,25,29)/t15-,18-/m0/s1. The SMILES string of the molecule is C[C@H](N)COCC(=O)N1CCC[C@H](C(=O)NCc2nc(-c3ccc(C#N)cc3)cs2)C1. The van der Waals surface area contributed by atoms with Gasteiger partial charge in [0.2, 0.25) is 11.8 Å². The number of piperidine rings is 1. The van der Waals surface area contributed by atoms with Crippen LogP contribution in [-0.4, -0.2) is 54.0 Å². The van der Waals surface area contributed by atoms with Crippen LogP contribution < -0.4 is 11.1 Å². The van der Waals surface area contributed by atoms with Crippen molar-refractivity contribution in [3.8, 4) is 17.3 Å². The quantitative estimate of drug-likeness (QED) is 0.645. The van der Waals surface area contributed by atoms with E-state index in [1.165, 1.54) is 11.3 Å². The van der Waals surface area contributed by atoms with Crippen molar-refractivity contribution < 1.29 is 14.3 Å². The molecule has 0 unspecified atom stereocenters. The van der Waals surface area contributed by atoms with Gasteiger partial charge in [-0.25, -0.2) is 4.98 Å². The molecule has 2 heterocycles. The van der Waals surface area contributed by atoms with Crippen molar-refractivity contribution in [3.63, 3.8) is 0 Å². The summed E-state index contributed by atoms with van der Waals surface area (Å²) < 4.78 is 5.32. The summed E-state index contributed by atoms with van der Waals surface area (Å²) in [5, 5.41) is 14.6. The molecule has 0 spiro atoms. The highest BCUT2D eigenvalue weighted by Gasteiger charge is 2.28. The highest BCUT2D eigenvalue weighted by molar-refractivity contribution is 7.09. The minimum Gasteiger partial charge on any atom is -0.370 e. The van der Waals surface area contributed by atoms with Gasteiger partial charge in [-0.3, -0.25) is 9.59 Å². The van der Waals surface area contributed by atoms with Gasteiger partial charge in [0.25, 0.3) is 0 Å². The average molecular weight is 442 g/mol. The van der Waals surface area contributed by atoms with Gasteiger partial charge in [0.15, 0.2) is 0 Å². The normalized spacial score (nSPS) is 17.1. The number of carbonyl (C=O) groups excluding carboxylic acids is 2. The summed E-state index contributed by atoms with van der Waals surface area (Å²) in [6.07, 6.45) is 1.54. The second-order valence-corrected chi connectivity index (χ2v) is 8.65. The summed E-state index contributed by atoms with van der Waals surface area (Å²) in [4.78, 5) is 31.2. The van der Waals surface area contributed by atoms with Crippen molar-refractivity contribution in [1.29, 1.82) is 5.26 Å². The van der Waals surface area contributed by atoms with Gasteiger partial charge in [0.1, 0.15) is 11.6 Å². The van der Waals surface area contributed by atoms with Gasteiger partial charge < -0.3 is 20.7 Å². The minimum absolute atomic E-state index is 0.00683. The minimum atomic E-state index is -0.232. The monoisotopic (exact) mass is 441 g/mol. The first-order valence-corrected chi connectivity index (χ1v) is 11.2. The van der Waals surface area contributed by atoms with Crippen molar-refractivity contribution in [1.82, 2.24) is 15.2 Å². The van der Waals surface area contributed by atoms with Crippen LogP contribution in [0.1, 0.15) is 30.3 Å². The van der Waals surface area contributed by atoms with E-state index in [1.54, 1.807) is 17.0 Å². The number of thiazole rings is 1. The number of benzene rings is 1. The lowest BCUT2D eigenvalue weighted by Gasteiger charge is -2.32. The fourth-order valence-corrected chi connectivity index (χ4v) is 4.13. The molecule has 0 aliphatic carbocycles. The second-order valence-electron chi connectivity index (χ2n) is 7.70. The van der Waals surface area contributed by atoms with E-state index in [4.69, 9.17) is 15.7 Å². The molecule has 3 rings (SSSR count). The highest BCUT2D eigenvalue weighted by Crippen LogP contribution is 2.23. The van der Waals surface area contributed by atoms with Crippen molar-refractivity contribution in [2.45, 2.75) is 32.4 Å². The predicted molar refractivity (Wildman–Crippen MR) is 118 cm³/mol. The van der Waals surface area contributed by atoms with Crippen molar-refractivity contribution >= 4 is 23.2 Å². The molecule has 8 nitrogen and oxygen atoms in total. The van der Waals surface area contributed by atoms with Crippen LogP contribution in [0.25, 0.3) is 11.3 Å². The first kappa shape index (κ1) is 22.9. The number of nitrogens with one attached hydrogen (secondary N) is 1. The summed E-state index contributed by atoms with van der Waals surface area (Å²) in [5.74, 6) is -0.404. The molecule has 2 aromatic rings. The molecule has 0 radical (unpaired) electrons. The number of nitriles is 1. The van der Waals surface area contributed by atoms with Gasteiger partial charge in [0, 0.05) is 30.1 Å². The zero-order valence-electron chi connectivity index (χ0n) is 17.5. The van der Waals surface area contributed by atoms with E-state index in [-0.39, 0.29) is 30.4 Å². The van der Waals surface area contributed by atoms with E-state index in [0.717, 1.165) is 29.1 Å². The van der Waals surface area contributed by atoms with E-state index in [9.17, 15) is 9.59 Å². The third-order valence-electron chi connectivity index (χ3n) is 5.03. The van der Waals surface area contributed by atoms with E-state index in [1.807, 2.05) is 24.4 Å². The molecule has 9 heteroatoms. The molecule has 31 heavy (non-hydrogen) atoms. The van der Waals surface area contributed by atoms with E-state index < -0.39 is 0 Å². The molecule has 1 aromatic carbocycles. The Morgan fingerprint density at radius 1 is 1.42 bits per heavy atom. The first-order valence-electron chi connectivity index (χ1n) is 10.3. The summed E-state index contributed by atoms with van der Waals surface area (Å²) in [7, 11) is 0. The van der Waals surface area contributed by atoms with Crippen LogP contribution >= 0.6 is 11.3 Å². The zero-order chi connectivity index (χ0) is 22.2. The van der Waals surface area contributed by atoms with Crippen molar-refractivity contribution in [3.05, 3.63) is 40.2 Å². The lowest BCUT2D eigenvalue weighted by molar-refractivity contribution is -0.139. The maximum absolute atomic E-state index is 12.6. The molecule has 1 aliphatic rings. The van der Waals surface area contributed by atoms with Gasteiger partial charge in [0.05, 0.1) is 36.4 Å². The number of ether oxygens (including phenoxy) is 1. The van der Waals surface area contributed by atoms with Gasteiger partial charge in [-0.1, -0.05) is 12.1 Å². The molecule has 164 valence electrons. The molecule has 3 N–H and O–H groups in total.